The van der Waals surface area contributed by atoms with E-state index in [1.54, 1.807) is 6.08 Å². The fourth-order valence-electron chi connectivity index (χ4n) is 3.34. The maximum atomic E-state index is 10.3. The highest BCUT2D eigenvalue weighted by Crippen LogP contribution is 2.42. The van der Waals surface area contributed by atoms with Gasteiger partial charge in [-0.2, -0.15) is 0 Å². The third-order valence-corrected chi connectivity index (χ3v) is 4.23. The van der Waals surface area contributed by atoms with Crippen LogP contribution in [0.3, 0.4) is 0 Å². The molecule has 0 amide bonds. The third kappa shape index (κ3) is 3.66. The summed E-state index contributed by atoms with van der Waals surface area (Å²) in [5, 5.41) is 10.3. The summed E-state index contributed by atoms with van der Waals surface area (Å²) in [6.07, 6.45) is 2.30. The van der Waals surface area contributed by atoms with E-state index in [4.69, 9.17) is 4.74 Å². The van der Waals surface area contributed by atoms with Crippen LogP contribution in [-0.2, 0) is 4.74 Å². The van der Waals surface area contributed by atoms with Crippen LogP contribution in [-0.4, -0.2) is 36.5 Å². The van der Waals surface area contributed by atoms with Crippen LogP contribution in [0.2, 0.25) is 0 Å². The van der Waals surface area contributed by atoms with Crippen LogP contribution < -0.4 is 4.90 Å². The van der Waals surface area contributed by atoms with Gasteiger partial charge in [0, 0.05) is 17.8 Å². The molecule has 2 unspecified atom stereocenters. The summed E-state index contributed by atoms with van der Waals surface area (Å²) in [4.78, 5) is 2.32. The number of aliphatic hydroxyl groups excluding tert-OH is 1. The summed E-state index contributed by atoms with van der Waals surface area (Å²) < 4.78 is 5.37. The van der Waals surface area contributed by atoms with Gasteiger partial charge in [-0.1, -0.05) is 31.2 Å². The first kappa shape index (κ1) is 16.1. The van der Waals surface area contributed by atoms with E-state index in [1.165, 1.54) is 11.3 Å². The molecule has 1 heterocycles. The number of hydrogen-bond acceptors (Lipinski definition) is 3. The van der Waals surface area contributed by atoms with Gasteiger partial charge in [-0.05, 0) is 37.8 Å². The van der Waals surface area contributed by atoms with Crippen LogP contribution in [0, 0.1) is 0 Å². The monoisotopic (exact) mass is 289 g/mol. The summed E-state index contributed by atoms with van der Waals surface area (Å²) >= 11 is 0. The number of aliphatic hydroxyl groups is 1. The molecule has 0 aliphatic carbocycles. The molecule has 0 bridgehead atoms. The smallest absolute Gasteiger partial charge is 0.0948 e. The van der Waals surface area contributed by atoms with Crippen LogP contribution in [0.4, 0.5) is 5.69 Å². The molecule has 21 heavy (non-hydrogen) atoms. The molecule has 0 saturated carbocycles. The number of ether oxygens (including phenoxy) is 1. The quantitative estimate of drug-likeness (QED) is 0.644. The van der Waals surface area contributed by atoms with E-state index in [0.717, 1.165) is 6.42 Å². The molecule has 0 saturated heterocycles. The van der Waals surface area contributed by atoms with Crippen molar-refractivity contribution in [2.45, 2.75) is 44.8 Å². The lowest BCUT2D eigenvalue weighted by molar-refractivity contribution is 0.0501. The molecule has 0 spiro atoms. The molecule has 1 aromatic carbocycles. The molecule has 0 aromatic heterocycles. The van der Waals surface area contributed by atoms with Gasteiger partial charge in [-0.25, -0.2) is 0 Å². The number of para-hydroxylation sites is 1. The molecule has 0 fully saturated rings. The summed E-state index contributed by atoms with van der Waals surface area (Å²) in [5.74, 6) is 0.543. The largest absolute Gasteiger partial charge is 0.389 e. The first-order valence-electron chi connectivity index (χ1n) is 7.69. The van der Waals surface area contributed by atoms with Crippen molar-refractivity contribution in [1.29, 1.82) is 0 Å². The molecular formula is C18H27NO2. The molecule has 1 N–H and O–H groups in total. The molecule has 2 atom stereocenters. The Morgan fingerprint density at radius 2 is 2.19 bits per heavy atom. The van der Waals surface area contributed by atoms with Crippen LogP contribution in [0.1, 0.15) is 38.7 Å². The predicted molar refractivity (Wildman–Crippen MR) is 87.9 cm³/mol. The van der Waals surface area contributed by atoms with Crippen molar-refractivity contribution < 1.29 is 9.84 Å². The maximum absolute atomic E-state index is 10.3. The van der Waals surface area contributed by atoms with E-state index in [0.29, 0.717) is 25.7 Å². The Kier molecular flexibility index (Phi) is 5.07. The van der Waals surface area contributed by atoms with E-state index in [2.05, 4.69) is 56.5 Å². The number of rotatable bonds is 6. The van der Waals surface area contributed by atoms with Gasteiger partial charge < -0.3 is 14.7 Å². The van der Waals surface area contributed by atoms with Gasteiger partial charge >= 0.3 is 0 Å². The zero-order chi connectivity index (χ0) is 15.5. The van der Waals surface area contributed by atoms with Crippen LogP contribution >= 0.6 is 0 Å². The van der Waals surface area contributed by atoms with Crippen molar-refractivity contribution in [1.82, 2.24) is 0 Å². The number of fused-ring (bicyclic) bond motifs is 1. The van der Waals surface area contributed by atoms with Gasteiger partial charge in [0.05, 0.1) is 19.3 Å². The van der Waals surface area contributed by atoms with E-state index >= 15 is 0 Å². The van der Waals surface area contributed by atoms with Gasteiger partial charge in [-0.3, -0.25) is 0 Å². The standard InChI is InChI=1S/C18H27NO2/c1-5-10-21-13-15(20)12-19-17-9-7-6-8-16(17)14(2)11-18(19,3)4/h5-9,14-15,20H,1,10-13H2,2-4H3. The first-order valence-corrected chi connectivity index (χ1v) is 7.69. The van der Waals surface area contributed by atoms with E-state index in [1.807, 2.05) is 0 Å². The van der Waals surface area contributed by atoms with Crippen LogP contribution in [0.15, 0.2) is 36.9 Å². The minimum Gasteiger partial charge on any atom is -0.389 e. The highest BCUT2D eigenvalue weighted by molar-refractivity contribution is 5.59. The van der Waals surface area contributed by atoms with Crippen LogP contribution in [0.25, 0.3) is 0 Å². The van der Waals surface area contributed by atoms with Crippen molar-refractivity contribution in [3.8, 4) is 0 Å². The molecule has 0 radical (unpaired) electrons. The van der Waals surface area contributed by atoms with E-state index in [9.17, 15) is 5.11 Å². The van der Waals surface area contributed by atoms with Crippen molar-refractivity contribution >= 4 is 5.69 Å². The minimum absolute atomic E-state index is 0.0349. The van der Waals surface area contributed by atoms with Crippen LogP contribution in [0.5, 0.6) is 0 Å². The average molecular weight is 289 g/mol. The Balaban J connectivity index is 2.16. The number of hydrogen-bond donors (Lipinski definition) is 1. The Morgan fingerprint density at radius 1 is 1.48 bits per heavy atom. The SMILES string of the molecule is C=CCOCC(O)CN1c2ccccc2C(C)CC1(C)C. The molecule has 3 heteroatoms. The Bertz CT molecular complexity index is 484. The fourth-order valence-corrected chi connectivity index (χ4v) is 3.34. The van der Waals surface area contributed by atoms with Crippen molar-refractivity contribution in [3.63, 3.8) is 0 Å². The second-order valence-corrected chi connectivity index (χ2v) is 6.57. The van der Waals surface area contributed by atoms with E-state index in [-0.39, 0.29) is 5.54 Å². The van der Waals surface area contributed by atoms with Crippen molar-refractivity contribution in [2.75, 3.05) is 24.7 Å². The van der Waals surface area contributed by atoms with Crippen molar-refractivity contribution in [2.24, 2.45) is 0 Å². The molecule has 1 aliphatic heterocycles. The topological polar surface area (TPSA) is 32.7 Å². The highest BCUT2D eigenvalue weighted by Gasteiger charge is 2.36. The molecule has 2 rings (SSSR count). The van der Waals surface area contributed by atoms with Crippen molar-refractivity contribution in [3.05, 3.63) is 42.5 Å². The van der Waals surface area contributed by atoms with Gasteiger partial charge in [0.15, 0.2) is 0 Å². The number of β-amino-alcohol motifs (C(OH)–C–C–N with tert-alkyl or cyclic N) is 1. The Hall–Kier alpha value is -1.32. The molecule has 1 aliphatic rings. The molecular weight excluding hydrogens is 262 g/mol. The van der Waals surface area contributed by atoms with E-state index < -0.39 is 6.10 Å². The summed E-state index contributed by atoms with van der Waals surface area (Å²) in [5.41, 5.74) is 2.65. The number of anilines is 1. The normalized spacial score (nSPS) is 21.7. The van der Waals surface area contributed by atoms with Gasteiger partial charge in [0.2, 0.25) is 0 Å². The van der Waals surface area contributed by atoms with Gasteiger partial charge in [-0.15, -0.1) is 6.58 Å². The third-order valence-electron chi connectivity index (χ3n) is 4.23. The summed E-state index contributed by atoms with van der Waals surface area (Å²) in [6.45, 7) is 11.8. The second-order valence-electron chi connectivity index (χ2n) is 6.57. The minimum atomic E-state index is -0.495. The Labute approximate surface area is 128 Å². The predicted octanol–water partition coefficient (Wildman–Crippen LogP) is 3.34. The maximum Gasteiger partial charge on any atom is 0.0948 e. The summed E-state index contributed by atoms with van der Waals surface area (Å²) in [7, 11) is 0. The highest BCUT2D eigenvalue weighted by atomic mass is 16.5. The molecule has 3 nitrogen and oxygen atoms in total. The zero-order valence-corrected chi connectivity index (χ0v) is 13.4. The zero-order valence-electron chi connectivity index (χ0n) is 13.4. The Morgan fingerprint density at radius 3 is 2.90 bits per heavy atom. The second kappa shape index (κ2) is 6.63. The number of benzene rings is 1. The fraction of sp³-hybridized carbons (Fsp3) is 0.556. The van der Waals surface area contributed by atoms with Gasteiger partial charge in [0.1, 0.15) is 0 Å². The lowest BCUT2D eigenvalue weighted by Gasteiger charge is -2.48. The average Bonchev–Trinajstić information content (AvgIpc) is 2.43. The van der Waals surface area contributed by atoms with Gasteiger partial charge in [0.25, 0.3) is 0 Å². The summed E-state index contributed by atoms with van der Waals surface area (Å²) in [6, 6.07) is 8.52. The lowest BCUT2D eigenvalue weighted by atomic mass is 9.80. The molecule has 1 aromatic rings. The lowest BCUT2D eigenvalue weighted by Crippen LogP contribution is -2.52. The first-order chi connectivity index (χ1) is 9.95. The number of nitrogens with zero attached hydrogens (tertiary/aromatic N) is 1. The molecule has 116 valence electrons.